The molecule has 12 nitrogen and oxygen atoms in total. The number of aliphatic imine (C=N–C) groups is 1. The van der Waals surface area contributed by atoms with Gasteiger partial charge < -0.3 is 38.3 Å². The topological polar surface area (TPSA) is 215 Å². The van der Waals surface area contributed by atoms with Crippen LogP contribution in [0.1, 0.15) is 39.5 Å². The Labute approximate surface area is 175 Å². The number of carbonyl (C=O) groups is 4. The summed E-state index contributed by atoms with van der Waals surface area (Å²) in [5.74, 6) is -3.25. The molecule has 0 spiro atoms. The average Bonchev–Trinajstić information content (AvgIpc) is 2.65. The number of guanidine groups is 1. The van der Waals surface area contributed by atoms with Crippen LogP contribution in [0.5, 0.6) is 0 Å². The maximum Gasteiger partial charge on any atom is 0.305 e. The summed E-state index contributed by atoms with van der Waals surface area (Å²) in [5, 5.41) is 16.3. The second-order valence-corrected chi connectivity index (χ2v) is 6.81. The Bertz CT molecular complexity index is 661. The lowest BCUT2D eigenvalue weighted by molar-refractivity contribution is -0.140. The fraction of sp³-hybridized carbons (Fsp3) is 0.611. The number of carboxylic acid groups (broad SMARTS) is 1. The van der Waals surface area contributed by atoms with Gasteiger partial charge in [-0.3, -0.25) is 24.2 Å². The molecule has 0 unspecified atom stereocenters. The first kappa shape index (κ1) is 26.9. The van der Waals surface area contributed by atoms with Gasteiger partial charge in [0.1, 0.15) is 6.04 Å². The highest BCUT2D eigenvalue weighted by Crippen LogP contribution is 2.04. The Balaban J connectivity index is 4.66. The van der Waals surface area contributed by atoms with Crippen molar-refractivity contribution in [1.82, 2.24) is 16.0 Å². The van der Waals surface area contributed by atoms with Crippen molar-refractivity contribution < 1.29 is 24.3 Å². The Kier molecular flexibility index (Phi) is 12.5. The van der Waals surface area contributed by atoms with Crippen molar-refractivity contribution in [3.8, 4) is 0 Å². The molecule has 0 radical (unpaired) electrons. The Morgan fingerprint density at radius 1 is 1.10 bits per heavy atom. The Morgan fingerprint density at radius 3 is 2.23 bits per heavy atom. The molecule has 0 aliphatic heterocycles. The van der Waals surface area contributed by atoms with Gasteiger partial charge in [-0.15, -0.1) is 0 Å². The number of carbonyl (C=O) groups excluding carboxylic acids is 3. The molecule has 170 valence electrons. The second kappa shape index (κ2) is 13.9. The predicted octanol–water partition coefficient (Wildman–Crippen LogP) is -2.09. The van der Waals surface area contributed by atoms with E-state index in [1.807, 2.05) is 6.92 Å². The third-order valence-corrected chi connectivity index (χ3v) is 4.08. The molecule has 30 heavy (non-hydrogen) atoms. The summed E-state index contributed by atoms with van der Waals surface area (Å²) in [6, 6.07) is -2.51. The molecule has 10 N–H and O–H groups in total. The largest absolute Gasteiger partial charge is 0.481 e. The summed E-state index contributed by atoms with van der Waals surface area (Å²) >= 11 is 0. The SMILES string of the molecule is C=C(C)[C@H](CC)NC(=O)[C@H](CC(=O)O)NC(=O)CNC(=O)[C@@H](N)CCCN=C(N)N. The lowest BCUT2D eigenvalue weighted by Gasteiger charge is -2.22. The van der Waals surface area contributed by atoms with Gasteiger partial charge in [-0.25, -0.2) is 0 Å². The standard InChI is InChI=1S/C18H33N7O5/c1-4-12(10(2)3)25-17(30)13(8-15(27)28)24-14(26)9-23-16(29)11(19)6-5-7-22-18(20)21/h11-13H,2,4-9,19H2,1,3H3,(H,23,29)(H,24,26)(H,25,30)(H,27,28)(H4,20,21,22)/t11-,12-,13-/m0/s1. The molecule has 0 heterocycles. The summed E-state index contributed by atoms with van der Waals surface area (Å²) in [4.78, 5) is 51.2. The third-order valence-electron chi connectivity index (χ3n) is 4.08. The van der Waals surface area contributed by atoms with Crippen LogP contribution in [0.2, 0.25) is 0 Å². The van der Waals surface area contributed by atoms with Crippen molar-refractivity contribution in [2.24, 2.45) is 22.2 Å². The zero-order valence-electron chi connectivity index (χ0n) is 17.4. The third kappa shape index (κ3) is 11.6. The molecule has 0 aromatic carbocycles. The zero-order valence-corrected chi connectivity index (χ0v) is 17.4. The molecule has 0 saturated carbocycles. The maximum absolute atomic E-state index is 12.4. The first-order chi connectivity index (χ1) is 14.0. The molecule has 0 saturated heterocycles. The highest BCUT2D eigenvalue weighted by Gasteiger charge is 2.26. The lowest BCUT2D eigenvalue weighted by atomic mass is 10.1. The molecule has 3 amide bonds. The summed E-state index contributed by atoms with van der Waals surface area (Å²) in [7, 11) is 0. The number of rotatable bonds is 14. The van der Waals surface area contributed by atoms with E-state index in [0.717, 1.165) is 0 Å². The van der Waals surface area contributed by atoms with E-state index < -0.39 is 48.7 Å². The van der Waals surface area contributed by atoms with E-state index in [1.54, 1.807) is 6.92 Å². The van der Waals surface area contributed by atoms with Crippen LogP contribution >= 0.6 is 0 Å². The van der Waals surface area contributed by atoms with Crippen LogP contribution in [-0.2, 0) is 19.2 Å². The van der Waals surface area contributed by atoms with Crippen LogP contribution in [0.25, 0.3) is 0 Å². The van der Waals surface area contributed by atoms with Crippen LogP contribution in [0.15, 0.2) is 17.1 Å². The summed E-state index contributed by atoms with van der Waals surface area (Å²) in [5.41, 5.74) is 16.8. The second-order valence-electron chi connectivity index (χ2n) is 6.81. The Morgan fingerprint density at radius 2 is 1.73 bits per heavy atom. The van der Waals surface area contributed by atoms with E-state index in [2.05, 4.69) is 27.5 Å². The predicted molar refractivity (Wildman–Crippen MR) is 112 cm³/mol. The number of hydrogen-bond donors (Lipinski definition) is 7. The number of nitrogens with two attached hydrogens (primary N) is 3. The van der Waals surface area contributed by atoms with E-state index in [9.17, 15) is 19.2 Å². The highest BCUT2D eigenvalue weighted by atomic mass is 16.4. The van der Waals surface area contributed by atoms with Crippen molar-refractivity contribution in [3.63, 3.8) is 0 Å². The zero-order chi connectivity index (χ0) is 23.3. The van der Waals surface area contributed by atoms with Crippen molar-refractivity contribution >= 4 is 29.7 Å². The fourth-order valence-electron chi connectivity index (χ4n) is 2.42. The van der Waals surface area contributed by atoms with Gasteiger partial charge in [0.15, 0.2) is 5.96 Å². The maximum atomic E-state index is 12.4. The van der Waals surface area contributed by atoms with Crippen molar-refractivity contribution in [2.75, 3.05) is 13.1 Å². The normalized spacial score (nSPS) is 13.3. The number of carboxylic acids is 1. The van der Waals surface area contributed by atoms with E-state index in [0.29, 0.717) is 31.4 Å². The first-order valence-electron chi connectivity index (χ1n) is 9.53. The van der Waals surface area contributed by atoms with Crippen LogP contribution in [0.4, 0.5) is 0 Å². The molecule has 3 atom stereocenters. The van der Waals surface area contributed by atoms with Gasteiger partial charge in [-0.1, -0.05) is 19.1 Å². The number of hydrogen-bond acceptors (Lipinski definition) is 6. The monoisotopic (exact) mass is 427 g/mol. The average molecular weight is 428 g/mol. The van der Waals surface area contributed by atoms with E-state index in [1.165, 1.54) is 0 Å². The number of aliphatic carboxylic acids is 1. The summed E-state index contributed by atoms with van der Waals surface area (Å²) in [6.45, 7) is 7.19. The molecule has 12 heteroatoms. The molecule has 0 rings (SSSR count). The number of amides is 3. The molecule has 0 aliphatic carbocycles. The summed E-state index contributed by atoms with van der Waals surface area (Å²) in [6.07, 6.45) is 0.725. The fourth-order valence-corrected chi connectivity index (χ4v) is 2.42. The van der Waals surface area contributed by atoms with Crippen molar-refractivity contribution in [2.45, 2.75) is 57.7 Å². The van der Waals surface area contributed by atoms with Gasteiger partial charge in [0.05, 0.1) is 19.0 Å². The number of nitrogens with one attached hydrogen (secondary N) is 3. The van der Waals surface area contributed by atoms with Crippen LogP contribution in [0.3, 0.4) is 0 Å². The molecule has 0 aromatic rings. The van der Waals surface area contributed by atoms with Crippen LogP contribution < -0.4 is 33.2 Å². The van der Waals surface area contributed by atoms with Crippen LogP contribution in [0, 0.1) is 0 Å². The van der Waals surface area contributed by atoms with Gasteiger partial charge in [0.2, 0.25) is 17.7 Å². The van der Waals surface area contributed by atoms with Gasteiger partial charge in [-0.05, 0) is 26.2 Å². The summed E-state index contributed by atoms with van der Waals surface area (Å²) < 4.78 is 0. The molecular weight excluding hydrogens is 394 g/mol. The van der Waals surface area contributed by atoms with Crippen molar-refractivity contribution in [1.29, 1.82) is 0 Å². The van der Waals surface area contributed by atoms with E-state index in [-0.39, 0.29) is 12.0 Å². The highest BCUT2D eigenvalue weighted by molar-refractivity contribution is 5.93. The minimum Gasteiger partial charge on any atom is -0.481 e. The molecule has 0 aliphatic rings. The molecule has 0 fully saturated rings. The molecular formula is C18H33N7O5. The van der Waals surface area contributed by atoms with Gasteiger partial charge in [0, 0.05) is 12.6 Å². The lowest BCUT2D eigenvalue weighted by Crippen LogP contribution is -2.53. The van der Waals surface area contributed by atoms with E-state index >= 15 is 0 Å². The minimum atomic E-state index is -1.30. The smallest absolute Gasteiger partial charge is 0.305 e. The van der Waals surface area contributed by atoms with Gasteiger partial charge in [0.25, 0.3) is 0 Å². The van der Waals surface area contributed by atoms with Gasteiger partial charge >= 0.3 is 5.97 Å². The molecule has 0 aromatic heterocycles. The van der Waals surface area contributed by atoms with Gasteiger partial charge in [-0.2, -0.15) is 0 Å². The van der Waals surface area contributed by atoms with Crippen LogP contribution in [-0.4, -0.2) is 66.0 Å². The first-order valence-corrected chi connectivity index (χ1v) is 9.53. The Hall–Kier alpha value is -3.15. The molecule has 0 bridgehead atoms. The minimum absolute atomic E-state index is 0.0573. The van der Waals surface area contributed by atoms with E-state index in [4.69, 9.17) is 22.3 Å². The number of nitrogens with zero attached hydrogens (tertiary/aromatic N) is 1. The quantitative estimate of drug-likeness (QED) is 0.0704. The van der Waals surface area contributed by atoms with Crippen molar-refractivity contribution in [3.05, 3.63) is 12.2 Å².